The maximum atomic E-state index is 3.15. The van der Waals surface area contributed by atoms with E-state index in [0.717, 1.165) is 0 Å². The first-order valence-corrected chi connectivity index (χ1v) is 3.39. The molecule has 2 N–H and O–H groups in total. The van der Waals surface area contributed by atoms with E-state index in [-0.39, 0.29) is 6.98 Å². The molecule has 0 aromatic rings. The summed E-state index contributed by atoms with van der Waals surface area (Å²) in [6, 6.07) is 0. The predicted octanol–water partition coefficient (Wildman–Crippen LogP) is -0.763. The predicted molar refractivity (Wildman–Crippen MR) is 45.3 cm³/mol. The first-order chi connectivity index (χ1) is 4.52. The molecular formula is C5H17BN4. The van der Waals surface area contributed by atoms with Crippen LogP contribution in [-0.2, 0) is 0 Å². The summed E-state index contributed by atoms with van der Waals surface area (Å²) in [5.41, 5.74) is 0. The molecule has 0 aliphatic heterocycles. The highest BCUT2D eigenvalue weighted by Crippen LogP contribution is 1.72. The number of hydrogen-bond donors (Lipinski definition) is 2. The molecule has 0 aliphatic rings. The van der Waals surface area contributed by atoms with E-state index in [2.05, 4.69) is 17.5 Å². The summed E-state index contributed by atoms with van der Waals surface area (Å²) < 4.78 is 0. The lowest BCUT2D eigenvalue weighted by molar-refractivity contribution is 0.326. The van der Waals surface area contributed by atoms with E-state index in [4.69, 9.17) is 0 Å². The molecule has 0 aromatic carbocycles. The molecule has 0 saturated carbocycles. The molecule has 0 heterocycles. The van der Waals surface area contributed by atoms with Crippen LogP contribution in [0.3, 0.4) is 0 Å². The largest absolute Gasteiger partial charge is 0.330 e. The molecule has 0 aliphatic carbocycles. The van der Waals surface area contributed by atoms with Gasteiger partial charge in [-0.25, -0.2) is 0 Å². The van der Waals surface area contributed by atoms with Crippen molar-refractivity contribution in [2.75, 3.05) is 28.2 Å². The Hall–Kier alpha value is -0.0951. The van der Waals surface area contributed by atoms with Gasteiger partial charge in [0.25, 0.3) is 0 Å². The van der Waals surface area contributed by atoms with Crippen LogP contribution in [0.15, 0.2) is 0 Å². The number of nitrogens with one attached hydrogen (secondary N) is 2. The van der Waals surface area contributed by atoms with Gasteiger partial charge in [0.2, 0.25) is 0 Å². The lowest BCUT2D eigenvalue weighted by atomic mass is 9.84. The van der Waals surface area contributed by atoms with E-state index < -0.39 is 0 Å². The van der Waals surface area contributed by atoms with Crippen molar-refractivity contribution in [1.29, 1.82) is 0 Å². The molecular weight excluding hydrogens is 127 g/mol. The molecule has 0 radical (unpaired) electrons. The minimum atomic E-state index is 0.269. The monoisotopic (exact) mass is 144 g/mol. The molecule has 0 amide bonds. The Morgan fingerprint density at radius 1 is 0.900 bits per heavy atom. The van der Waals surface area contributed by atoms with Crippen molar-refractivity contribution in [2.45, 2.75) is 6.82 Å². The number of hydrazine groups is 2. The SMILES string of the molecule is CB(NN(C)C)NN(C)C. The molecule has 0 fully saturated rings. The third kappa shape index (κ3) is 6.03. The minimum absolute atomic E-state index is 0.269. The molecule has 0 aromatic heterocycles. The molecule has 0 atom stereocenters. The maximum absolute atomic E-state index is 3.15. The summed E-state index contributed by atoms with van der Waals surface area (Å²) >= 11 is 0. The molecule has 10 heavy (non-hydrogen) atoms. The molecule has 4 nitrogen and oxygen atoms in total. The zero-order chi connectivity index (χ0) is 8.15. The van der Waals surface area contributed by atoms with Gasteiger partial charge in [0, 0.05) is 28.2 Å². The van der Waals surface area contributed by atoms with Crippen LogP contribution in [0.5, 0.6) is 0 Å². The highest BCUT2D eigenvalue weighted by molar-refractivity contribution is 6.51. The van der Waals surface area contributed by atoms with Crippen LogP contribution in [0.2, 0.25) is 6.82 Å². The second-order valence-electron chi connectivity index (χ2n) is 2.77. The third-order valence-electron chi connectivity index (χ3n) is 0.904. The fourth-order valence-electron chi connectivity index (χ4n) is 0.803. The summed E-state index contributed by atoms with van der Waals surface area (Å²) in [4.78, 5) is 0. The Balaban J connectivity index is 3.34. The highest BCUT2D eigenvalue weighted by atomic mass is 15.5. The van der Waals surface area contributed by atoms with Crippen LogP contribution in [0.1, 0.15) is 0 Å². The van der Waals surface area contributed by atoms with Crippen molar-refractivity contribution in [3.8, 4) is 0 Å². The van der Waals surface area contributed by atoms with Crippen molar-refractivity contribution < 1.29 is 0 Å². The van der Waals surface area contributed by atoms with Crippen molar-refractivity contribution in [1.82, 2.24) is 20.7 Å². The van der Waals surface area contributed by atoms with Gasteiger partial charge in [-0.1, -0.05) is 6.82 Å². The van der Waals surface area contributed by atoms with E-state index in [1.54, 1.807) is 0 Å². The van der Waals surface area contributed by atoms with Gasteiger partial charge in [-0.05, 0) is 0 Å². The van der Waals surface area contributed by atoms with Crippen molar-refractivity contribution in [2.24, 2.45) is 0 Å². The van der Waals surface area contributed by atoms with Crippen LogP contribution in [-0.4, -0.2) is 45.2 Å². The van der Waals surface area contributed by atoms with Crippen LogP contribution in [0.4, 0.5) is 0 Å². The fraction of sp³-hybridized carbons (Fsp3) is 1.00. The zero-order valence-electron chi connectivity index (χ0n) is 7.47. The smallest absolute Gasteiger partial charge is 0.278 e. The van der Waals surface area contributed by atoms with Gasteiger partial charge in [-0.3, -0.25) is 20.7 Å². The van der Waals surface area contributed by atoms with Crippen LogP contribution in [0, 0.1) is 0 Å². The normalized spacial score (nSPS) is 11.1. The topological polar surface area (TPSA) is 30.5 Å². The molecule has 5 heteroatoms. The van der Waals surface area contributed by atoms with Gasteiger partial charge in [0.15, 0.2) is 0 Å². The lowest BCUT2D eigenvalue weighted by Gasteiger charge is -2.20. The average molecular weight is 144 g/mol. The van der Waals surface area contributed by atoms with Gasteiger partial charge < -0.3 is 0 Å². The van der Waals surface area contributed by atoms with Crippen LogP contribution in [0.25, 0.3) is 0 Å². The summed E-state index contributed by atoms with van der Waals surface area (Å²) in [6.07, 6.45) is 0. The van der Waals surface area contributed by atoms with Crippen molar-refractivity contribution in [3.63, 3.8) is 0 Å². The molecule has 60 valence electrons. The number of hydrogen-bond acceptors (Lipinski definition) is 4. The Bertz CT molecular complexity index is 75.7. The zero-order valence-corrected chi connectivity index (χ0v) is 7.47. The number of rotatable bonds is 4. The molecule has 0 spiro atoms. The third-order valence-corrected chi connectivity index (χ3v) is 0.904. The fourth-order valence-corrected chi connectivity index (χ4v) is 0.803. The standard InChI is InChI=1S/C5H17BN4/c1-6(7-9(2)3)8-10(4)5/h7-8H,1-5H3. The van der Waals surface area contributed by atoms with Crippen molar-refractivity contribution >= 4 is 6.98 Å². The van der Waals surface area contributed by atoms with Crippen LogP contribution >= 0.6 is 0 Å². The highest BCUT2D eigenvalue weighted by Gasteiger charge is 2.06. The van der Waals surface area contributed by atoms with Crippen LogP contribution < -0.4 is 10.7 Å². The van der Waals surface area contributed by atoms with Gasteiger partial charge in [-0.2, -0.15) is 0 Å². The average Bonchev–Trinajstić information content (AvgIpc) is 1.58. The Kier molecular flexibility index (Phi) is 4.63. The summed E-state index contributed by atoms with van der Waals surface area (Å²) in [7, 11) is 7.86. The Morgan fingerprint density at radius 2 is 1.20 bits per heavy atom. The van der Waals surface area contributed by atoms with E-state index in [1.807, 2.05) is 38.2 Å². The minimum Gasteiger partial charge on any atom is -0.278 e. The quantitative estimate of drug-likeness (QED) is 0.401. The van der Waals surface area contributed by atoms with E-state index in [9.17, 15) is 0 Å². The number of nitrogens with zero attached hydrogens (tertiary/aromatic N) is 2. The van der Waals surface area contributed by atoms with Crippen molar-refractivity contribution in [3.05, 3.63) is 0 Å². The molecule has 0 unspecified atom stereocenters. The van der Waals surface area contributed by atoms with Gasteiger partial charge >= 0.3 is 6.98 Å². The first kappa shape index (κ1) is 9.90. The van der Waals surface area contributed by atoms with E-state index >= 15 is 0 Å². The second-order valence-corrected chi connectivity index (χ2v) is 2.77. The summed E-state index contributed by atoms with van der Waals surface area (Å²) in [6.45, 7) is 2.32. The second kappa shape index (κ2) is 4.68. The van der Waals surface area contributed by atoms with E-state index in [1.165, 1.54) is 0 Å². The van der Waals surface area contributed by atoms with Gasteiger partial charge in [-0.15, -0.1) is 0 Å². The van der Waals surface area contributed by atoms with Gasteiger partial charge in [0.1, 0.15) is 0 Å². The van der Waals surface area contributed by atoms with E-state index in [0.29, 0.717) is 0 Å². The lowest BCUT2D eigenvalue weighted by Crippen LogP contribution is -2.55. The molecule has 0 bridgehead atoms. The molecule has 0 rings (SSSR count). The Labute approximate surface area is 63.6 Å². The molecule has 0 saturated heterocycles. The Morgan fingerprint density at radius 3 is 1.40 bits per heavy atom. The summed E-state index contributed by atoms with van der Waals surface area (Å²) in [5, 5.41) is 10.1. The maximum Gasteiger partial charge on any atom is 0.330 e. The van der Waals surface area contributed by atoms with Gasteiger partial charge in [0.05, 0.1) is 0 Å². The first-order valence-electron chi connectivity index (χ1n) is 3.39. The summed E-state index contributed by atoms with van der Waals surface area (Å²) in [5.74, 6) is 0.